The molecule has 1 aliphatic rings. The summed E-state index contributed by atoms with van der Waals surface area (Å²) in [7, 11) is 3.13. The predicted octanol–water partition coefficient (Wildman–Crippen LogP) is 1.08. The lowest BCUT2D eigenvalue weighted by molar-refractivity contribution is -0.138. The van der Waals surface area contributed by atoms with E-state index in [9.17, 15) is 9.59 Å². The molecule has 7 nitrogen and oxygen atoms in total. The van der Waals surface area contributed by atoms with Crippen molar-refractivity contribution >= 4 is 17.9 Å². The van der Waals surface area contributed by atoms with Crippen molar-refractivity contribution in [3.05, 3.63) is 29.8 Å². The Kier molecular flexibility index (Phi) is 6.82. The normalized spacial score (nSPS) is 15.7. The fraction of sp³-hybridized carbons (Fsp3) is 0.444. The van der Waals surface area contributed by atoms with Crippen LogP contribution in [0.4, 0.5) is 0 Å². The number of benzene rings is 1. The molecule has 1 fully saturated rings. The van der Waals surface area contributed by atoms with Crippen LogP contribution in [0.2, 0.25) is 0 Å². The van der Waals surface area contributed by atoms with Gasteiger partial charge in [0, 0.05) is 25.2 Å². The predicted molar refractivity (Wildman–Crippen MR) is 93.6 cm³/mol. The smallest absolute Gasteiger partial charge is 0.245 e. The first-order valence-corrected chi connectivity index (χ1v) is 8.11. The van der Waals surface area contributed by atoms with Gasteiger partial charge in [0.25, 0.3) is 0 Å². The standard InChI is InChI=1S/C18H24N2O5/c1-13(18(22)20-6-8-25-9-7-20)19-17(21)5-4-14-10-15(23-2)12-16(11-14)24-3/h4-5,10-13H,6-9H2,1-3H3,(H,19,21)/b5-4+/t13-/m0/s1. The lowest BCUT2D eigenvalue weighted by Crippen LogP contribution is -2.50. The van der Waals surface area contributed by atoms with E-state index in [2.05, 4.69) is 5.32 Å². The van der Waals surface area contributed by atoms with Crippen molar-refractivity contribution in [2.24, 2.45) is 0 Å². The van der Waals surface area contributed by atoms with Crippen molar-refractivity contribution < 1.29 is 23.8 Å². The van der Waals surface area contributed by atoms with Gasteiger partial charge < -0.3 is 24.4 Å². The summed E-state index contributed by atoms with van der Waals surface area (Å²) in [5.41, 5.74) is 0.763. The molecule has 0 aromatic heterocycles. The van der Waals surface area contributed by atoms with Crippen LogP contribution in [-0.2, 0) is 14.3 Å². The quantitative estimate of drug-likeness (QED) is 0.779. The molecule has 1 aliphatic heterocycles. The van der Waals surface area contributed by atoms with Crippen LogP contribution in [0.3, 0.4) is 0 Å². The first-order chi connectivity index (χ1) is 12.0. The number of hydrogen-bond donors (Lipinski definition) is 1. The Morgan fingerprint density at radius 3 is 2.32 bits per heavy atom. The van der Waals surface area contributed by atoms with Crippen molar-refractivity contribution in [3.63, 3.8) is 0 Å². The van der Waals surface area contributed by atoms with Crippen LogP contribution in [0.1, 0.15) is 12.5 Å². The van der Waals surface area contributed by atoms with E-state index in [-0.39, 0.29) is 11.8 Å². The van der Waals surface area contributed by atoms with E-state index in [1.165, 1.54) is 6.08 Å². The molecule has 7 heteroatoms. The van der Waals surface area contributed by atoms with Crippen molar-refractivity contribution in [3.8, 4) is 11.5 Å². The number of carbonyl (C=O) groups is 2. The topological polar surface area (TPSA) is 77.1 Å². The Hall–Kier alpha value is -2.54. The fourth-order valence-electron chi connectivity index (χ4n) is 2.48. The minimum atomic E-state index is -0.588. The summed E-state index contributed by atoms with van der Waals surface area (Å²) in [6, 6.07) is 4.74. The third-order valence-corrected chi connectivity index (χ3v) is 3.85. The van der Waals surface area contributed by atoms with E-state index in [4.69, 9.17) is 14.2 Å². The highest BCUT2D eigenvalue weighted by Crippen LogP contribution is 2.23. The van der Waals surface area contributed by atoms with Crippen LogP contribution >= 0.6 is 0 Å². The molecule has 0 aliphatic carbocycles. The molecule has 1 aromatic rings. The van der Waals surface area contributed by atoms with Gasteiger partial charge in [0.2, 0.25) is 11.8 Å². The van der Waals surface area contributed by atoms with Gasteiger partial charge in [-0.05, 0) is 30.7 Å². The van der Waals surface area contributed by atoms with Gasteiger partial charge in [-0.25, -0.2) is 0 Å². The molecule has 1 atom stereocenters. The minimum absolute atomic E-state index is 0.104. The third-order valence-electron chi connectivity index (χ3n) is 3.85. The van der Waals surface area contributed by atoms with Gasteiger partial charge in [-0.3, -0.25) is 9.59 Å². The van der Waals surface area contributed by atoms with E-state index < -0.39 is 6.04 Å². The summed E-state index contributed by atoms with van der Waals surface area (Å²) in [5.74, 6) is 0.828. The molecule has 2 rings (SSSR count). The van der Waals surface area contributed by atoms with Crippen LogP contribution < -0.4 is 14.8 Å². The number of rotatable bonds is 6. The maximum absolute atomic E-state index is 12.3. The molecule has 1 aromatic carbocycles. The molecular formula is C18H24N2O5. The Bertz CT molecular complexity index is 616. The first kappa shape index (κ1) is 18.8. The van der Waals surface area contributed by atoms with Gasteiger partial charge in [-0.1, -0.05) is 0 Å². The highest BCUT2D eigenvalue weighted by molar-refractivity contribution is 5.95. The van der Waals surface area contributed by atoms with Crippen molar-refractivity contribution in [2.75, 3.05) is 40.5 Å². The summed E-state index contributed by atoms with van der Waals surface area (Å²) in [5, 5.41) is 2.68. The van der Waals surface area contributed by atoms with Crippen LogP contribution in [0.25, 0.3) is 6.08 Å². The third kappa shape index (κ3) is 5.49. The number of hydrogen-bond acceptors (Lipinski definition) is 5. The van der Waals surface area contributed by atoms with Crippen molar-refractivity contribution in [1.29, 1.82) is 0 Å². The minimum Gasteiger partial charge on any atom is -0.497 e. The van der Waals surface area contributed by atoms with E-state index in [0.717, 1.165) is 5.56 Å². The Balaban J connectivity index is 1.94. The van der Waals surface area contributed by atoms with Gasteiger partial charge in [-0.15, -0.1) is 0 Å². The van der Waals surface area contributed by atoms with E-state index in [1.807, 2.05) is 0 Å². The zero-order valence-corrected chi connectivity index (χ0v) is 14.8. The van der Waals surface area contributed by atoms with Gasteiger partial charge >= 0.3 is 0 Å². The molecule has 0 bridgehead atoms. The van der Waals surface area contributed by atoms with Crippen molar-refractivity contribution in [1.82, 2.24) is 10.2 Å². The largest absolute Gasteiger partial charge is 0.497 e. The molecule has 2 amide bonds. The maximum atomic E-state index is 12.3. The molecule has 0 radical (unpaired) electrons. The molecule has 0 unspecified atom stereocenters. The molecular weight excluding hydrogens is 324 g/mol. The van der Waals surface area contributed by atoms with Gasteiger partial charge in [0.1, 0.15) is 17.5 Å². The number of ether oxygens (including phenoxy) is 3. The summed E-state index contributed by atoms with van der Waals surface area (Å²) in [6.07, 6.45) is 3.03. The summed E-state index contributed by atoms with van der Waals surface area (Å²) in [4.78, 5) is 26.0. The van der Waals surface area contributed by atoms with E-state index in [1.54, 1.807) is 50.3 Å². The highest BCUT2D eigenvalue weighted by Gasteiger charge is 2.22. The lowest BCUT2D eigenvalue weighted by atomic mass is 10.2. The number of nitrogens with one attached hydrogen (secondary N) is 1. The second-order valence-corrected chi connectivity index (χ2v) is 5.65. The number of amides is 2. The Labute approximate surface area is 147 Å². The molecule has 25 heavy (non-hydrogen) atoms. The number of nitrogens with zero attached hydrogens (tertiary/aromatic N) is 1. The molecule has 0 saturated carbocycles. The van der Waals surface area contributed by atoms with E-state index >= 15 is 0 Å². The van der Waals surface area contributed by atoms with Gasteiger partial charge in [0.05, 0.1) is 27.4 Å². The Morgan fingerprint density at radius 1 is 1.16 bits per heavy atom. The molecule has 0 spiro atoms. The number of carbonyl (C=O) groups excluding carboxylic acids is 2. The highest BCUT2D eigenvalue weighted by atomic mass is 16.5. The average molecular weight is 348 g/mol. The summed E-state index contributed by atoms with van der Waals surface area (Å²) >= 11 is 0. The molecule has 1 saturated heterocycles. The summed E-state index contributed by atoms with van der Waals surface area (Å²) in [6.45, 7) is 3.85. The second-order valence-electron chi connectivity index (χ2n) is 5.65. The maximum Gasteiger partial charge on any atom is 0.245 e. The van der Waals surface area contributed by atoms with Crippen molar-refractivity contribution in [2.45, 2.75) is 13.0 Å². The zero-order valence-electron chi connectivity index (χ0n) is 14.8. The second kappa shape index (κ2) is 9.08. The summed E-state index contributed by atoms with van der Waals surface area (Å²) < 4.78 is 15.6. The molecule has 136 valence electrons. The SMILES string of the molecule is COc1cc(/C=C/C(=O)N[C@@H](C)C(=O)N2CCOCC2)cc(OC)c1. The lowest BCUT2D eigenvalue weighted by Gasteiger charge is -2.29. The van der Waals surface area contributed by atoms with Gasteiger partial charge in [-0.2, -0.15) is 0 Å². The first-order valence-electron chi connectivity index (χ1n) is 8.11. The molecule has 1 heterocycles. The number of morpholine rings is 1. The zero-order chi connectivity index (χ0) is 18.2. The Morgan fingerprint density at radius 2 is 1.76 bits per heavy atom. The monoisotopic (exact) mass is 348 g/mol. The van der Waals surface area contributed by atoms with Crippen LogP contribution in [0.5, 0.6) is 11.5 Å². The van der Waals surface area contributed by atoms with Gasteiger partial charge in [0.15, 0.2) is 0 Å². The average Bonchev–Trinajstić information content (AvgIpc) is 2.66. The van der Waals surface area contributed by atoms with E-state index in [0.29, 0.717) is 37.8 Å². The number of methoxy groups -OCH3 is 2. The molecule has 1 N–H and O–H groups in total. The van der Waals surface area contributed by atoms with Crippen LogP contribution in [0.15, 0.2) is 24.3 Å². The van der Waals surface area contributed by atoms with Crippen LogP contribution in [0, 0.1) is 0 Å². The van der Waals surface area contributed by atoms with Crippen LogP contribution in [-0.4, -0.2) is 63.3 Å². The fourth-order valence-corrected chi connectivity index (χ4v) is 2.48.